The topological polar surface area (TPSA) is 113 Å². The van der Waals surface area contributed by atoms with E-state index in [1.807, 2.05) is 25.1 Å². The molecule has 3 N–H and O–H groups in total. The number of pyridine rings is 2. The second-order valence-electron chi connectivity index (χ2n) is 7.40. The van der Waals surface area contributed by atoms with Crippen LogP contribution in [0.2, 0.25) is 0 Å². The lowest BCUT2D eigenvalue weighted by Gasteiger charge is -2.22. The number of aryl methyl sites for hydroxylation is 2. The Kier molecular flexibility index (Phi) is 5.60. The number of carbonyl (C=O) groups excluding carboxylic acids is 1. The Morgan fingerprint density at radius 3 is 2.65 bits per heavy atom. The number of carbonyl (C=O) groups is 1. The molecule has 1 amide bonds. The number of anilines is 3. The van der Waals surface area contributed by atoms with Gasteiger partial charge in [0, 0.05) is 25.4 Å². The molecule has 1 aliphatic heterocycles. The molecule has 1 aliphatic rings. The smallest absolute Gasteiger partial charge is 0.263 e. The van der Waals surface area contributed by atoms with E-state index in [2.05, 4.69) is 25.3 Å². The van der Waals surface area contributed by atoms with Gasteiger partial charge in [-0.3, -0.25) is 14.5 Å². The first kappa shape index (κ1) is 20.8. The number of hydrogen-bond donors (Lipinski definition) is 3. The average Bonchev–Trinajstić information content (AvgIpc) is 2.74. The van der Waals surface area contributed by atoms with Gasteiger partial charge in [-0.25, -0.2) is 13.4 Å². The summed E-state index contributed by atoms with van der Waals surface area (Å²) in [7, 11) is -3.89. The van der Waals surface area contributed by atoms with E-state index in [4.69, 9.17) is 0 Å². The number of amides is 1. The van der Waals surface area contributed by atoms with E-state index in [1.165, 1.54) is 19.1 Å². The summed E-state index contributed by atoms with van der Waals surface area (Å²) in [6.45, 7) is 4.09. The van der Waals surface area contributed by atoms with Crippen LogP contribution in [-0.4, -0.2) is 30.8 Å². The minimum absolute atomic E-state index is 0.0763. The normalized spacial score (nSPS) is 13.1. The Morgan fingerprint density at radius 2 is 1.94 bits per heavy atom. The van der Waals surface area contributed by atoms with Crippen molar-refractivity contribution in [2.75, 3.05) is 21.9 Å². The SMILES string of the molecule is CC(=O)Nc1ccc(S(=O)(=O)Nc2nc(-c3ncccc3C)cc3c2NCCC3)cc1. The van der Waals surface area contributed by atoms with Gasteiger partial charge < -0.3 is 10.6 Å². The van der Waals surface area contributed by atoms with Gasteiger partial charge in [0.1, 0.15) is 0 Å². The maximum atomic E-state index is 13.1. The molecule has 0 radical (unpaired) electrons. The van der Waals surface area contributed by atoms with Crippen molar-refractivity contribution in [3.05, 3.63) is 59.8 Å². The van der Waals surface area contributed by atoms with Crippen molar-refractivity contribution < 1.29 is 13.2 Å². The number of hydrogen-bond acceptors (Lipinski definition) is 6. The molecule has 31 heavy (non-hydrogen) atoms. The molecule has 160 valence electrons. The fourth-order valence-corrected chi connectivity index (χ4v) is 4.55. The number of nitrogens with zero attached hydrogens (tertiary/aromatic N) is 2. The minimum atomic E-state index is -3.89. The highest BCUT2D eigenvalue weighted by atomic mass is 32.2. The molecule has 0 saturated carbocycles. The predicted molar refractivity (Wildman–Crippen MR) is 121 cm³/mol. The second kappa shape index (κ2) is 8.35. The van der Waals surface area contributed by atoms with Gasteiger partial charge in [0.05, 0.1) is 22.0 Å². The Hall–Kier alpha value is -3.46. The third kappa shape index (κ3) is 4.51. The maximum absolute atomic E-state index is 13.1. The molecule has 0 saturated heterocycles. The van der Waals surface area contributed by atoms with Crippen molar-refractivity contribution >= 4 is 33.1 Å². The summed E-state index contributed by atoms with van der Waals surface area (Å²) in [5.41, 5.74) is 4.52. The van der Waals surface area contributed by atoms with Crippen LogP contribution < -0.4 is 15.4 Å². The van der Waals surface area contributed by atoms with Crippen LogP contribution in [0, 0.1) is 6.92 Å². The molecular formula is C22H23N5O3S. The Morgan fingerprint density at radius 1 is 1.16 bits per heavy atom. The molecular weight excluding hydrogens is 414 g/mol. The van der Waals surface area contributed by atoms with Crippen molar-refractivity contribution in [3.63, 3.8) is 0 Å². The molecule has 0 unspecified atom stereocenters. The van der Waals surface area contributed by atoms with Gasteiger partial charge in [-0.1, -0.05) is 6.07 Å². The zero-order valence-electron chi connectivity index (χ0n) is 17.3. The van der Waals surface area contributed by atoms with E-state index in [1.54, 1.807) is 18.3 Å². The molecule has 0 spiro atoms. The van der Waals surface area contributed by atoms with Crippen molar-refractivity contribution in [3.8, 4) is 11.4 Å². The number of fused-ring (bicyclic) bond motifs is 1. The zero-order valence-corrected chi connectivity index (χ0v) is 18.1. The van der Waals surface area contributed by atoms with Gasteiger partial charge in [0.2, 0.25) is 5.91 Å². The number of nitrogens with one attached hydrogen (secondary N) is 3. The first-order chi connectivity index (χ1) is 14.8. The van der Waals surface area contributed by atoms with Crippen molar-refractivity contribution in [1.82, 2.24) is 9.97 Å². The standard InChI is InChI=1S/C22H23N5O3S/c1-14-5-3-11-23-20(14)19-13-16-6-4-12-24-21(16)22(26-19)27-31(29,30)18-9-7-17(8-10-18)25-15(2)28/h3,5,7-11,13,24H,4,6,12H2,1-2H3,(H,25,28)(H,26,27). The molecule has 3 heterocycles. The van der Waals surface area contributed by atoms with Gasteiger partial charge in [0.25, 0.3) is 10.0 Å². The van der Waals surface area contributed by atoms with Crippen LogP contribution >= 0.6 is 0 Å². The Bertz CT molecular complexity index is 1240. The Balaban J connectivity index is 1.72. The lowest BCUT2D eigenvalue weighted by molar-refractivity contribution is -0.114. The first-order valence-electron chi connectivity index (χ1n) is 9.94. The molecule has 1 aromatic carbocycles. The molecule has 2 aromatic heterocycles. The van der Waals surface area contributed by atoms with E-state index in [9.17, 15) is 13.2 Å². The number of benzene rings is 1. The van der Waals surface area contributed by atoms with Gasteiger partial charge in [0.15, 0.2) is 5.82 Å². The lowest BCUT2D eigenvalue weighted by atomic mass is 10.0. The second-order valence-corrected chi connectivity index (χ2v) is 9.08. The summed E-state index contributed by atoms with van der Waals surface area (Å²) in [5.74, 6) is 0.0282. The fourth-order valence-electron chi connectivity index (χ4n) is 3.54. The molecule has 0 fully saturated rings. The fraction of sp³-hybridized carbons (Fsp3) is 0.227. The minimum Gasteiger partial charge on any atom is -0.382 e. The first-order valence-corrected chi connectivity index (χ1v) is 11.4. The van der Waals surface area contributed by atoms with E-state index in [0.29, 0.717) is 17.1 Å². The largest absolute Gasteiger partial charge is 0.382 e. The highest BCUT2D eigenvalue weighted by molar-refractivity contribution is 7.92. The average molecular weight is 438 g/mol. The third-order valence-electron chi connectivity index (χ3n) is 4.99. The maximum Gasteiger partial charge on any atom is 0.263 e. The van der Waals surface area contributed by atoms with Crippen LogP contribution in [0.5, 0.6) is 0 Å². The van der Waals surface area contributed by atoms with Crippen LogP contribution in [0.1, 0.15) is 24.5 Å². The summed E-state index contributed by atoms with van der Waals surface area (Å²) in [6.07, 6.45) is 3.47. The molecule has 9 heteroatoms. The van der Waals surface area contributed by atoms with Crippen molar-refractivity contribution in [2.45, 2.75) is 31.6 Å². The van der Waals surface area contributed by atoms with E-state index in [0.717, 1.165) is 36.2 Å². The summed E-state index contributed by atoms with van der Waals surface area (Å²) >= 11 is 0. The zero-order chi connectivity index (χ0) is 22.0. The van der Waals surface area contributed by atoms with E-state index >= 15 is 0 Å². The molecule has 3 aromatic rings. The van der Waals surface area contributed by atoms with Gasteiger partial charge in [-0.2, -0.15) is 0 Å². The van der Waals surface area contributed by atoms with E-state index in [-0.39, 0.29) is 16.6 Å². The summed E-state index contributed by atoms with van der Waals surface area (Å²) < 4.78 is 28.7. The molecule has 0 bridgehead atoms. The number of sulfonamides is 1. The predicted octanol–water partition coefficient (Wildman–Crippen LogP) is 3.57. The van der Waals surface area contributed by atoms with Crippen molar-refractivity contribution in [1.29, 1.82) is 0 Å². The summed E-state index contributed by atoms with van der Waals surface area (Å²) in [4.78, 5) is 20.3. The lowest BCUT2D eigenvalue weighted by Crippen LogP contribution is -2.20. The molecule has 4 rings (SSSR count). The van der Waals surface area contributed by atoms with Gasteiger partial charge in [-0.15, -0.1) is 0 Å². The summed E-state index contributed by atoms with van der Waals surface area (Å²) in [6, 6.07) is 11.8. The molecule has 0 atom stereocenters. The van der Waals surface area contributed by atoms with Crippen LogP contribution in [0.15, 0.2) is 53.6 Å². The van der Waals surface area contributed by atoms with Gasteiger partial charge >= 0.3 is 0 Å². The molecule has 8 nitrogen and oxygen atoms in total. The third-order valence-corrected chi connectivity index (χ3v) is 6.35. The highest BCUT2D eigenvalue weighted by Gasteiger charge is 2.22. The molecule has 0 aliphatic carbocycles. The highest BCUT2D eigenvalue weighted by Crippen LogP contribution is 2.34. The number of aromatic nitrogens is 2. The van der Waals surface area contributed by atoms with Crippen molar-refractivity contribution in [2.24, 2.45) is 0 Å². The van der Waals surface area contributed by atoms with Crippen LogP contribution in [0.25, 0.3) is 11.4 Å². The van der Waals surface area contributed by atoms with E-state index < -0.39 is 10.0 Å². The monoisotopic (exact) mass is 437 g/mol. The van der Waals surface area contributed by atoms with Gasteiger partial charge in [-0.05, 0) is 67.3 Å². The van der Waals surface area contributed by atoms with Crippen LogP contribution in [0.3, 0.4) is 0 Å². The van der Waals surface area contributed by atoms with Crippen LogP contribution in [-0.2, 0) is 21.2 Å². The number of rotatable bonds is 5. The van der Waals surface area contributed by atoms with Crippen LogP contribution in [0.4, 0.5) is 17.2 Å². The Labute approximate surface area is 181 Å². The quantitative estimate of drug-likeness (QED) is 0.562. The summed E-state index contributed by atoms with van der Waals surface area (Å²) in [5, 5.41) is 5.89.